The maximum atomic E-state index is 11.5. The first-order valence-electron chi connectivity index (χ1n) is 6.30. The van der Waals surface area contributed by atoms with Gasteiger partial charge in [0.2, 0.25) is 5.91 Å². The summed E-state index contributed by atoms with van der Waals surface area (Å²) in [6, 6.07) is 0. The Balaban J connectivity index is 2.24. The summed E-state index contributed by atoms with van der Waals surface area (Å²) >= 11 is 0. The van der Waals surface area contributed by atoms with Crippen LogP contribution in [0.15, 0.2) is 0 Å². The second-order valence-electron chi connectivity index (χ2n) is 4.35. The third kappa shape index (κ3) is 5.71. The Hall–Kier alpha value is -1.05. The van der Waals surface area contributed by atoms with Gasteiger partial charge >= 0.3 is 0 Å². The molecule has 1 unspecified atom stereocenters. The molecule has 1 fully saturated rings. The Morgan fingerprint density at radius 2 is 2.47 bits per heavy atom. The first-order valence-corrected chi connectivity index (χ1v) is 6.30. The number of nitrogens with one attached hydrogen (secondary N) is 1. The molecular weight excluding hydrogens is 216 g/mol. The minimum absolute atomic E-state index is 0.000841. The first-order chi connectivity index (χ1) is 8.26. The number of carbonyl (C=O) groups is 1. The zero-order chi connectivity index (χ0) is 12.5. The highest BCUT2D eigenvalue weighted by molar-refractivity contribution is 5.78. The van der Waals surface area contributed by atoms with E-state index < -0.39 is 0 Å². The van der Waals surface area contributed by atoms with Crippen molar-refractivity contribution in [3.05, 3.63) is 0 Å². The van der Waals surface area contributed by atoms with Gasteiger partial charge in [0.25, 0.3) is 0 Å². The van der Waals surface area contributed by atoms with Gasteiger partial charge in [0.1, 0.15) is 0 Å². The number of terminal acetylenes is 1. The molecular formula is C13H22N2O2. The van der Waals surface area contributed by atoms with E-state index in [4.69, 9.17) is 11.2 Å². The molecule has 96 valence electrons. The van der Waals surface area contributed by atoms with Crippen molar-refractivity contribution in [1.82, 2.24) is 10.2 Å². The summed E-state index contributed by atoms with van der Waals surface area (Å²) in [7, 11) is 0. The Kier molecular flexibility index (Phi) is 6.68. The number of hydrogen-bond donors (Lipinski definition) is 1. The maximum absolute atomic E-state index is 11.5. The molecule has 0 radical (unpaired) electrons. The topological polar surface area (TPSA) is 41.6 Å². The molecule has 1 N–H and O–H groups in total. The summed E-state index contributed by atoms with van der Waals surface area (Å²) in [6.45, 7) is 5.46. The number of piperidine rings is 1. The number of amides is 1. The minimum atomic E-state index is -0.000841. The quantitative estimate of drug-likeness (QED) is 0.690. The molecule has 17 heavy (non-hydrogen) atoms. The molecule has 0 aromatic heterocycles. The van der Waals surface area contributed by atoms with E-state index in [9.17, 15) is 4.79 Å². The Morgan fingerprint density at radius 3 is 3.18 bits per heavy atom. The Labute approximate surface area is 104 Å². The van der Waals surface area contributed by atoms with Crippen LogP contribution >= 0.6 is 0 Å². The average Bonchev–Trinajstić information content (AvgIpc) is 2.34. The van der Waals surface area contributed by atoms with Gasteiger partial charge in [-0.25, -0.2) is 0 Å². The third-order valence-electron chi connectivity index (χ3n) is 2.77. The van der Waals surface area contributed by atoms with E-state index in [1.54, 1.807) is 0 Å². The summed E-state index contributed by atoms with van der Waals surface area (Å²) in [5.41, 5.74) is 0. The highest BCUT2D eigenvalue weighted by Gasteiger charge is 2.21. The standard InChI is InChI=1S/C13H22N2O2/c1-3-7-14-13(16)11-15-8-5-6-12(10-15)17-9-4-2/h1,12H,4-11H2,2H3,(H,14,16). The van der Waals surface area contributed by atoms with E-state index in [1.165, 1.54) is 0 Å². The predicted molar refractivity (Wildman–Crippen MR) is 67.5 cm³/mol. The van der Waals surface area contributed by atoms with Crippen LogP contribution in [0.4, 0.5) is 0 Å². The Morgan fingerprint density at radius 1 is 1.65 bits per heavy atom. The highest BCUT2D eigenvalue weighted by atomic mass is 16.5. The van der Waals surface area contributed by atoms with Gasteiger partial charge in [0, 0.05) is 13.2 Å². The summed E-state index contributed by atoms with van der Waals surface area (Å²) in [5, 5.41) is 2.68. The van der Waals surface area contributed by atoms with Crippen molar-refractivity contribution in [2.24, 2.45) is 0 Å². The molecule has 0 aromatic rings. The number of nitrogens with zero attached hydrogens (tertiary/aromatic N) is 1. The third-order valence-corrected chi connectivity index (χ3v) is 2.77. The molecule has 0 aromatic carbocycles. The SMILES string of the molecule is C#CCNC(=O)CN1CCCC(OCCC)C1. The minimum Gasteiger partial charge on any atom is -0.377 e. The molecule has 1 aliphatic heterocycles. The van der Waals surface area contributed by atoms with E-state index in [2.05, 4.69) is 23.1 Å². The van der Waals surface area contributed by atoms with E-state index in [1.807, 2.05) is 0 Å². The second kappa shape index (κ2) is 8.10. The van der Waals surface area contributed by atoms with E-state index in [0.29, 0.717) is 13.1 Å². The average molecular weight is 238 g/mol. The van der Waals surface area contributed by atoms with Crippen LogP contribution in [0.3, 0.4) is 0 Å². The van der Waals surface area contributed by atoms with Crippen molar-refractivity contribution < 1.29 is 9.53 Å². The fourth-order valence-electron chi connectivity index (χ4n) is 1.99. The molecule has 1 heterocycles. The molecule has 1 atom stereocenters. The van der Waals surface area contributed by atoms with Crippen LogP contribution in [0.25, 0.3) is 0 Å². The van der Waals surface area contributed by atoms with Gasteiger partial charge in [-0.3, -0.25) is 9.69 Å². The molecule has 1 rings (SSSR count). The lowest BCUT2D eigenvalue weighted by Gasteiger charge is -2.32. The zero-order valence-electron chi connectivity index (χ0n) is 10.6. The normalized spacial score (nSPS) is 20.8. The summed E-state index contributed by atoms with van der Waals surface area (Å²) in [4.78, 5) is 13.6. The van der Waals surface area contributed by atoms with Gasteiger partial charge < -0.3 is 10.1 Å². The van der Waals surface area contributed by atoms with Crippen molar-refractivity contribution in [2.75, 3.05) is 32.8 Å². The number of ether oxygens (including phenoxy) is 1. The predicted octanol–water partition coefficient (Wildman–Crippen LogP) is 0.627. The number of likely N-dealkylation sites (tertiary alicyclic amines) is 1. The van der Waals surface area contributed by atoms with Crippen molar-refractivity contribution >= 4 is 5.91 Å². The monoisotopic (exact) mass is 238 g/mol. The van der Waals surface area contributed by atoms with Crippen molar-refractivity contribution in [2.45, 2.75) is 32.3 Å². The maximum Gasteiger partial charge on any atom is 0.234 e. The largest absolute Gasteiger partial charge is 0.377 e. The van der Waals surface area contributed by atoms with Gasteiger partial charge in [-0.15, -0.1) is 6.42 Å². The van der Waals surface area contributed by atoms with Crippen LogP contribution in [0, 0.1) is 12.3 Å². The molecule has 0 spiro atoms. The lowest BCUT2D eigenvalue weighted by Crippen LogP contribution is -2.45. The van der Waals surface area contributed by atoms with Gasteiger partial charge in [-0.1, -0.05) is 12.8 Å². The molecule has 4 nitrogen and oxygen atoms in total. The van der Waals surface area contributed by atoms with E-state index in [0.717, 1.165) is 39.0 Å². The van der Waals surface area contributed by atoms with Crippen LogP contribution in [0.5, 0.6) is 0 Å². The fraction of sp³-hybridized carbons (Fsp3) is 0.769. The smallest absolute Gasteiger partial charge is 0.234 e. The van der Waals surface area contributed by atoms with Crippen LogP contribution in [-0.2, 0) is 9.53 Å². The van der Waals surface area contributed by atoms with Crippen molar-refractivity contribution in [1.29, 1.82) is 0 Å². The summed E-state index contributed by atoms with van der Waals surface area (Å²) in [5.74, 6) is 2.40. The summed E-state index contributed by atoms with van der Waals surface area (Å²) in [6.07, 6.45) is 8.60. The number of hydrogen-bond acceptors (Lipinski definition) is 3. The lowest BCUT2D eigenvalue weighted by molar-refractivity contribution is -0.123. The van der Waals surface area contributed by atoms with Crippen LogP contribution in [0.1, 0.15) is 26.2 Å². The number of carbonyl (C=O) groups excluding carboxylic acids is 1. The van der Waals surface area contributed by atoms with Crippen LogP contribution in [0.2, 0.25) is 0 Å². The first kappa shape index (κ1) is 14.0. The van der Waals surface area contributed by atoms with Crippen LogP contribution < -0.4 is 5.32 Å². The second-order valence-corrected chi connectivity index (χ2v) is 4.35. The van der Waals surface area contributed by atoms with Crippen LogP contribution in [-0.4, -0.2) is 49.7 Å². The molecule has 4 heteroatoms. The van der Waals surface area contributed by atoms with Gasteiger partial charge in [-0.2, -0.15) is 0 Å². The molecule has 0 aliphatic carbocycles. The summed E-state index contributed by atoms with van der Waals surface area (Å²) < 4.78 is 5.72. The van der Waals surface area contributed by atoms with Gasteiger partial charge in [0.05, 0.1) is 19.2 Å². The van der Waals surface area contributed by atoms with Crippen molar-refractivity contribution in [3.63, 3.8) is 0 Å². The molecule has 0 saturated carbocycles. The van der Waals surface area contributed by atoms with E-state index in [-0.39, 0.29) is 12.0 Å². The fourth-order valence-corrected chi connectivity index (χ4v) is 1.99. The van der Waals surface area contributed by atoms with Gasteiger partial charge in [-0.05, 0) is 25.8 Å². The van der Waals surface area contributed by atoms with Crippen molar-refractivity contribution in [3.8, 4) is 12.3 Å². The number of rotatable bonds is 6. The van der Waals surface area contributed by atoms with Gasteiger partial charge in [0.15, 0.2) is 0 Å². The van der Waals surface area contributed by atoms with E-state index >= 15 is 0 Å². The zero-order valence-corrected chi connectivity index (χ0v) is 10.6. The highest BCUT2D eigenvalue weighted by Crippen LogP contribution is 2.12. The molecule has 0 bridgehead atoms. The Bertz CT molecular complexity index is 273. The lowest BCUT2D eigenvalue weighted by atomic mass is 10.1. The molecule has 1 amide bonds. The molecule has 1 saturated heterocycles. The molecule has 1 aliphatic rings.